The van der Waals surface area contributed by atoms with Crippen LogP contribution in [0.25, 0.3) is 0 Å². The zero-order valence-corrected chi connectivity index (χ0v) is 17.7. The molecule has 1 aliphatic heterocycles. The summed E-state index contributed by atoms with van der Waals surface area (Å²) < 4.78 is 21.9. The number of methoxy groups -OCH3 is 2. The average molecular weight is 413 g/mol. The van der Waals surface area contributed by atoms with Crippen LogP contribution in [0.3, 0.4) is 0 Å². The zero-order chi connectivity index (χ0) is 20.7. The van der Waals surface area contributed by atoms with Crippen LogP contribution in [0.1, 0.15) is 30.6 Å². The molecule has 1 heterocycles. The Morgan fingerprint density at radius 2 is 2.04 bits per heavy atom. The first-order chi connectivity index (χ1) is 13.3. The van der Waals surface area contributed by atoms with E-state index < -0.39 is 5.79 Å². The van der Waals surface area contributed by atoms with Crippen molar-refractivity contribution < 1.29 is 28.5 Å². The fraction of sp³-hybridized carbons (Fsp3) is 0.579. The molecule has 0 spiro atoms. The number of amides is 2. The minimum Gasteiger partial charge on any atom is -0.493 e. The molecule has 28 heavy (non-hydrogen) atoms. The molecule has 0 saturated carbocycles. The highest BCUT2D eigenvalue weighted by Gasteiger charge is 2.32. The molecule has 1 aromatic rings. The Kier molecular flexibility index (Phi) is 7.97. The highest BCUT2D eigenvalue weighted by Crippen LogP contribution is 2.36. The maximum Gasteiger partial charge on any atom is 0.251 e. The molecule has 0 aromatic heterocycles. The molecule has 1 saturated heterocycles. The molecule has 0 radical (unpaired) electrons. The smallest absolute Gasteiger partial charge is 0.251 e. The van der Waals surface area contributed by atoms with E-state index in [-0.39, 0.29) is 17.9 Å². The number of hydrogen-bond donors (Lipinski definition) is 2. The van der Waals surface area contributed by atoms with Gasteiger partial charge in [-0.15, -0.1) is 0 Å². The van der Waals surface area contributed by atoms with E-state index in [9.17, 15) is 9.59 Å². The van der Waals surface area contributed by atoms with Crippen molar-refractivity contribution in [3.63, 3.8) is 0 Å². The van der Waals surface area contributed by atoms with Gasteiger partial charge >= 0.3 is 0 Å². The van der Waals surface area contributed by atoms with E-state index in [1.165, 1.54) is 14.2 Å². The van der Waals surface area contributed by atoms with Crippen LogP contribution in [-0.4, -0.2) is 63.1 Å². The molecular weight excluding hydrogens is 384 g/mol. The van der Waals surface area contributed by atoms with Gasteiger partial charge in [-0.3, -0.25) is 9.59 Å². The lowest BCUT2D eigenvalue weighted by molar-refractivity contribution is -0.137. The van der Waals surface area contributed by atoms with Gasteiger partial charge in [0.1, 0.15) is 6.10 Å². The first kappa shape index (κ1) is 22.3. The first-order valence-electron chi connectivity index (χ1n) is 8.94. The number of anilines is 1. The van der Waals surface area contributed by atoms with Crippen LogP contribution in [0, 0.1) is 0 Å². The molecule has 1 atom stereocenters. The Morgan fingerprint density at radius 3 is 2.61 bits per heavy atom. The molecule has 1 aromatic carbocycles. The molecule has 2 rings (SSSR count). The van der Waals surface area contributed by atoms with Crippen molar-refractivity contribution in [1.82, 2.24) is 5.32 Å². The van der Waals surface area contributed by atoms with Gasteiger partial charge in [0, 0.05) is 24.3 Å². The Bertz CT molecular complexity index is 710. The second-order valence-corrected chi connectivity index (χ2v) is 7.70. The SMILES string of the molecule is COc1cc(C(=O)NCC2COC(C)(C)O2)cc(NC(=O)CCSC)c1OC. The van der Waals surface area contributed by atoms with Crippen molar-refractivity contribution in [2.75, 3.05) is 44.7 Å². The minimum atomic E-state index is -0.646. The summed E-state index contributed by atoms with van der Waals surface area (Å²) in [6, 6.07) is 3.14. The summed E-state index contributed by atoms with van der Waals surface area (Å²) in [6.45, 7) is 4.38. The van der Waals surface area contributed by atoms with Gasteiger partial charge in [-0.05, 0) is 32.2 Å². The Labute approximate surface area is 169 Å². The summed E-state index contributed by atoms with van der Waals surface area (Å²) in [6.07, 6.45) is 2.07. The average Bonchev–Trinajstić information content (AvgIpc) is 3.02. The van der Waals surface area contributed by atoms with Gasteiger partial charge in [-0.2, -0.15) is 11.8 Å². The molecular formula is C19H28N2O6S. The lowest BCUT2D eigenvalue weighted by Crippen LogP contribution is -2.34. The molecule has 1 aliphatic rings. The quantitative estimate of drug-likeness (QED) is 0.642. The molecule has 2 amide bonds. The molecule has 0 bridgehead atoms. The standard InChI is InChI=1S/C19H28N2O6S/c1-19(2)26-11-13(27-19)10-20-18(23)12-8-14(21-16(22)6-7-28-5)17(25-4)15(9-12)24-3/h8-9,13H,6-7,10-11H2,1-5H3,(H,20,23)(H,21,22). The third kappa shape index (κ3) is 6.02. The summed E-state index contributed by atoms with van der Waals surface area (Å²) in [5, 5.41) is 5.62. The fourth-order valence-electron chi connectivity index (χ4n) is 2.77. The molecule has 0 aliphatic carbocycles. The van der Waals surface area contributed by atoms with E-state index in [2.05, 4.69) is 10.6 Å². The third-order valence-electron chi connectivity index (χ3n) is 4.11. The van der Waals surface area contributed by atoms with Crippen LogP contribution in [0.5, 0.6) is 11.5 Å². The monoisotopic (exact) mass is 412 g/mol. The van der Waals surface area contributed by atoms with Crippen molar-refractivity contribution >= 4 is 29.3 Å². The van der Waals surface area contributed by atoms with Gasteiger partial charge in [0.05, 0.1) is 26.5 Å². The van der Waals surface area contributed by atoms with Crippen LogP contribution < -0.4 is 20.1 Å². The summed E-state index contributed by atoms with van der Waals surface area (Å²) in [5.41, 5.74) is 0.732. The van der Waals surface area contributed by atoms with Crippen molar-refractivity contribution in [3.8, 4) is 11.5 Å². The second kappa shape index (κ2) is 9.99. The van der Waals surface area contributed by atoms with E-state index in [1.807, 2.05) is 20.1 Å². The highest BCUT2D eigenvalue weighted by atomic mass is 32.2. The maximum atomic E-state index is 12.6. The number of thioether (sulfide) groups is 1. The van der Waals surface area contributed by atoms with Crippen LogP contribution in [-0.2, 0) is 14.3 Å². The Hall–Kier alpha value is -1.97. The van der Waals surface area contributed by atoms with Gasteiger partial charge in [0.2, 0.25) is 5.91 Å². The summed E-state index contributed by atoms with van der Waals surface area (Å²) in [7, 11) is 2.96. The summed E-state index contributed by atoms with van der Waals surface area (Å²) in [4.78, 5) is 24.7. The highest BCUT2D eigenvalue weighted by molar-refractivity contribution is 7.98. The lowest BCUT2D eigenvalue weighted by atomic mass is 10.1. The van der Waals surface area contributed by atoms with E-state index >= 15 is 0 Å². The predicted octanol–water partition coefficient (Wildman–Crippen LogP) is 2.28. The van der Waals surface area contributed by atoms with Gasteiger partial charge < -0.3 is 29.6 Å². The number of carbonyl (C=O) groups is 2. The molecule has 1 unspecified atom stereocenters. The van der Waals surface area contributed by atoms with Crippen LogP contribution in [0.4, 0.5) is 5.69 Å². The Morgan fingerprint density at radius 1 is 1.29 bits per heavy atom. The summed E-state index contributed by atoms with van der Waals surface area (Å²) >= 11 is 1.58. The van der Waals surface area contributed by atoms with Crippen LogP contribution >= 0.6 is 11.8 Å². The molecule has 1 fully saturated rings. The van der Waals surface area contributed by atoms with Gasteiger partial charge in [0.25, 0.3) is 5.91 Å². The zero-order valence-electron chi connectivity index (χ0n) is 16.9. The van der Waals surface area contributed by atoms with Crippen LogP contribution in [0.2, 0.25) is 0 Å². The Balaban J connectivity index is 2.13. The molecule has 9 heteroatoms. The van der Waals surface area contributed by atoms with E-state index in [0.717, 1.165) is 0 Å². The summed E-state index contributed by atoms with van der Waals surface area (Å²) in [5.74, 6) is 0.306. The molecule has 2 N–H and O–H groups in total. The first-order valence-corrected chi connectivity index (χ1v) is 10.3. The largest absolute Gasteiger partial charge is 0.493 e. The van der Waals surface area contributed by atoms with E-state index in [4.69, 9.17) is 18.9 Å². The van der Waals surface area contributed by atoms with Gasteiger partial charge in [-0.1, -0.05) is 0 Å². The van der Waals surface area contributed by atoms with Crippen molar-refractivity contribution in [2.24, 2.45) is 0 Å². The lowest BCUT2D eigenvalue weighted by Gasteiger charge is -2.18. The number of rotatable bonds is 9. The predicted molar refractivity (Wildman–Crippen MR) is 108 cm³/mol. The minimum absolute atomic E-state index is 0.161. The van der Waals surface area contributed by atoms with Crippen molar-refractivity contribution in [1.29, 1.82) is 0 Å². The van der Waals surface area contributed by atoms with Gasteiger partial charge in [0.15, 0.2) is 17.3 Å². The van der Waals surface area contributed by atoms with Gasteiger partial charge in [-0.25, -0.2) is 0 Å². The second-order valence-electron chi connectivity index (χ2n) is 6.71. The van der Waals surface area contributed by atoms with Crippen LogP contribution in [0.15, 0.2) is 12.1 Å². The number of carbonyl (C=O) groups excluding carboxylic acids is 2. The number of benzene rings is 1. The van der Waals surface area contributed by atoms with E-state index in [1.54, 1.807) is 23.9 Å². The fourth-order valence-corrected chi connectivity index (χ4v) is 3.16. The normalized spacial score (nSPS) is 17.8. The van der Waals surface area contributed by atoms with Crippen molar-refractivity contribution in [2.45, 2.75) is 32.2 Å². The van der Waals surface area contributed by atoms with Crippen molar-refractivity contribution in [3.05, 3.63) is 17.7 Å². The number of hydrogen-bond acceptors (Lipinski definition) is 7. The topological polar surface area (TPSA) is 95.1 Å². The number of ether oxygens (including phenoxy) is 4. The van der Waals surface area contributed by atoms with E-state index in [0.29, 0.717) is 48.1 Å². The molecule has 156 valence electrons. The number of nitrogens with one attached hydrogen (secondary N) is 2. The maximum absolute atomic E-state index is 12.6. The molecule has 8 nitrogen and oxygen atoms in total. The third-order valence-corrected chi connectivity index (χ3v) is 4.72.